The Hall–Kier alpha value is -1.45. The molecule has 100 valence electrons. The number of ether oxygens (including phenoxy) is 1. The Bertz CT molecular complexity index is 535. The summed E-state index contributed by atoms with van der Waals surface area (Å²) in [6.45, 7) is 2.77. The van der Waals surface area contributed by atoms with Gasteiger partial charge in [-0.05, 0) is 43.0 Å². The Morgan fingerprint density at radius 3 is 3.16 bits per heavy atom. The fraction of sp³-hybridized carbons (Fsp3) is 0.438. The van der Waals surface area contributed by atoms with Gasteiger partial charge in [-0.3, -0.25) is 4.98 Å². The van der Waals surface area contributed by atoms with Gasteiger partial charge in [-0.25, -0.2) is 0 Å². The lowest BCUT2D eigenvalue weighted by molar-refractivity contribution is 0.0168. The van der Waals surface area contributed by atoms with E-state index >= 15 is 0 Å². The summed E-state index contributed by atoms with van der Waals surface area (Å²) in [7, 11) is 0. The van der Waals surface area contributed by atoms with Gasteiger partial charge in [0.15, 0.2) is 0 Å². The Morgan fingerprint density at radius 1 is 1.26 bits per heavy atom. The van der Waals surface area contributed by atoms with Gasteiger partial charge >= 0.3 is 0 Å². The average Bonchev–Trinajstić information content (AvgIpc) is 2.48. The molecule has 1 N–H and O–H groups in total. The predicted molar refractivity (Wildman–Crippen MR) is 77.0 cm³/mol. The molecule has 1 aliphatic rings. The molecule has 2 heterocycles. The SMILES string of the molecule is c1cnc2ccc(CNCC3CCCCO3)cc2c1. The van der Waals surface area contributed by atoms with Crippen LogP contribution in [0.1, 0.15) is 24.8 Å². The van der Waals surface area contributed by atoms with Crippen molar-refractivity contribution in [2.24, 2.45) is 0 Å². The monoisotopic (exact) mass is 256 g/mol. The van der Waals surface area contributed by atoms with Crippen molar-refractivity contribution >= 4 is 10.9 Å². The molecule has 0 radical (unpaired) electrons. The van der Waals surface area contributed by atoms with E-state index in [1.807, 2.05) is 12.3 Å². The van der Waals surface area contributed by atoms with Crippen LogP contribution in [0.25, 0.3) is 10.9 Å². The normalized spacial score (nSPS) is 19.7. The number of hydrogen-bond donors (Lipinski definition) is 1. The minimum absolute atomic E-state index is 0.399. The van der Waals surface area contributed by atoms with Crippen molar-refractivity contribution < 1.29 is 4.74 Å². The van der Waals surface area contributed by atoms with Crippen LogP contribution in [0.2, 0.25) is 0 Å². The molecule has 1 unspecified atom stereocenters. The Kier molecular flexibility index (Phi) is 4.06. The molecule has 0 amide bonds. The second-order valence-electron chi connectivity index (χ2n) is 5.15. The molecule has 3 rings (SSSR count). The molecule has 1 atom stereocenters. The third-order valence-electron chi connectivity index (χ3n) is 3.64. The number of fused-ring (bicyclic) bond motifs is 1. The number of pyridine rings is 1. The lowest BCUT2D eigenvalue weighted by atomic mass is 10.1. The van der Waals surface area contributed by atoms with Crippen LogP contribution in [0.15, 0.2) is 36.5 Å². The van der Waals surface area contributed by atoms with Crippen molar-refractivity contribution in [1.29, 1.82) is 0 Å². The van der Waals surface area contributed by atoms with Crippen molar-refractivity contribution in [1.82, 2.24) is 10.3 Å². The van der Waals surface area contributed by atoms with E-state index in [1.165, 1.54) is 30.2 Å². The van der Waals surface area contributed by atoms with Crippen molar-refractivity contribution in [3.8, 4) is 0 Å². The first kappa shape index (κ1) is 12.6. The minimum Gasteiger partial charge on any atom is -0.377 e. The standard InChI is InChI=1S/C16H20N2O/c1-2-9-19-15(5-1)12-17-11-13-6-7-16-14(10-13)4-3-8-18-16/h3-4,6-8,10,15,17H,1-2,5,9,11-12H2. The molecule has 1 aromatic heterocycles. The van der Waals surface area contributed by atoms with Gasteiger partial charge in [-0.1, -0.05) is 12.1 Å². The van der Waals surface area contributed by atoms with Crippen molar-refractivity contribution in [3.05, 3.63) is 42.1 Å². The maximum Gasteiger partial charge on any atom is 0.0702 e. The zero-order valence-corrected chi connectivity index (χ0v) is 11.1. The van der Waals surface area contributed by atoms with Gasteiger partial charge in [0.25, 0.3) is 0 Å². The number of aromatic nitrogens is 1. The van der Waals surface area contributed by atoms with Crippen molar-refractivity contribution in [2.75, 3.05) is 13.2 Å². The van der Waals surface area contributed by atoms with Gasteiger partial charge in [0.2, 0.25) is 0 Å². The summed E-state index contributed by atoms with van der Waals surface area (Å²) in [6.07, 6.45) is 5.94. The van der Waals surface area contributed by atoms with Gasteiger partial charge in [0.05, 0.1) is 11.6 Å². The van der Waals surface area contributed by atoms with Crippen LogP contribution in [0.5, 0.6) is 0 Å². The zero-order chi connectivity index (χ0) is 12.9. The molecule has 1 fully saturated rings. The highest BCUT2D eigenvalue weighted by Crippen LogP contribution is 2.14. The number of hydrogen-bond acceptors (Lipinski definition) is 3. The largest absolute Gasteiger partial charge is 0.377 e. The number of benzene rings is 1. The highest BCUT2D eigenvalue weighted by molar-refractivity contribution is 5.78. The Morgan fingerprint density at radius 2 is 2.26 bits per heavy atom. The molecule has 1 aromatic carbocycles. The van der Waals surface area contributed by atoms with Gasteiger partial charge in [-0.2, -0.15) is 0 Å². The van der Waals surface area contributed by atoms with E-state index in [-0.39, 0.29) is 0 Å². The summed E-state index contributed by atoms with van der Waals surface area (Å²) in [5, 5.41) is 4.70. The van der Waals surface area contributed by atoms with Gasteiger partial charge in [-0.15, -0.1) is 0 Å². The molecule has 0 aliphatic carbocycles. The van der Waals surface area contributed by atoms with Crippen LogP contribution in [0, 0.1) is 0 Å². The fourth-order valence-corrected chi connectivity index (χ4v) is 2.58. The number of nitrogens with zero attached hydrogens (tertiary/aromatic N) is 1. The molecule has 3 heteroatoms. The Labute approximate surface area is 114 Å². The van der Waals surface area contributed by atoms with Crippen molar-refractivity contribution in [3.63, 3.8) is 0 Å². The molecule has 0 spiro atoms. The topological polar surface area (TPSA) is 34.2 Å². The highest BCUT2D eigenvalue weighted by Gasteiger charge is 2.12. The first-order valence-corrected chi connectivity index (χ1v) is 7.08. The minimum atomic E-state index is 0.399. The smallest absolute Gasteiger partial charge is 0.0702 e. The Balaban J connectivity index is 1.56. The maximum absolute atomic E-state index is 5.71. The van der Waals surface area contributed by atoms with Crippen LogP contribution in [-0.4, -0.2) is 24.2 Å². The summed E-state index contributed by atoms with van der Waals surface area (Å²) in [6, 6.07) is 10.5. The second-order valence-corrected chi connectivity index (χ2v) is 5.15. The lowest BCUT2D eigenvalue weighted by Crippen LogP contribution is -2.31. The third kappa shape index (κ3) is 3.31. The van der Waals surface area contributed by atoms with E-state index in [1.54, 1.807) is 0 Å². The van der Waals surface area contributed by atoms with E-state index in [0.717, 1.165) is 25.2 Å². The first-order chi connectivity index (χ1) is 9.42. The summed E-state index contributed by atoms with van der Waals surface area (Å²) < 4.78 is 5.71. The van der Waals surface area contributed by atoms with Gasteiger partial charge < -0.3 is 10.1 Å². The van der Waals surface area contributed by atoms with Gasteiger partial charge in [0, 0.05) is 31.3 Å². The van der Waals surface area contributed by atoms with Crippen LogP contribution >= 0.6 is 0 Å². The van der Waals surface area contributed by atoms with Crippen LogP contribution in [0.3, 0.4) is 0 Å². The fourth-order valence-electron chi connectivity index (χ4n) is 2.58. The van der Waals surface area contributed by atoms with E-state index in [0.29, 0.717) is 6.10 Å². The summed E-state index contributed by atoms with van der Waals surface area (Å²) in [5.41, 5.74) is 2.36. The quantitative estimate of drug-likeness (QED) is 0.913. The molecule has 1 saturated heterocycles. The highest BCUT2D eigenvalue weighted by atomic mass is 16.5. The number of nitrogens with one attached hydrogen (secondary N) is 1. The van der Waals surface area contributed by atoms with E-state index in [4.69, 9.17) is 4.74 Å². The third-order valence-corrected chi connectivity index (χ3v) is 3.64. The molecule has 3 nitrogen and oxygen atoms in total. The molecule has 0 bridgehead atoms. The summed E-state index contributed by atoms with van der Waals surface area (Å²) in [4.78, 5) is 4.34. The summed E-state index contributed by atoms with van der Waals surface area (Å²) >= 11 is 0. The summed E-state index contributed by atoms with van der Waals surface area (Å²) in [5.74, 6) is 0. The number of rotatable bonds is 4. The maximum atomic E-state index is 5.71. The lowest BCUT2D eigenvalue weighted by Gasteiger charge is -2.22. The molecule has 1 aliphatic heterocycles. The predicted octanol–water partition coefficient (Wildman–Crippen LogP) is 2.89. The van der Waals surface area contributed by atoms with Gasteiger partial charge in [0.1, 0.15) is 0 Å². The van der Waals surface area contributed by atoms with E-state index in [9.17, 15) is 0 Å². The van der Waals surface area contributed by atoms with E-state index < -0.39 is 0 Å². The average molecular weight is 256 g/mol. The van der Waals surface area contributed by atoms with E-state index in [2.05, 4.69) is 34.6 Å². The first-order valence-electron chi connectivity index (χ1n) is 7.08. The molecule has 19 heavy (non-hydrogen) atoms. The molecule has 0 saturated carbocycles. The molecular weight excluding hydrogens is 236 g/mol. The van der Waals surface area contributed by atoms with Crippen LogP contribution < -0.4 is 5.32 Å². The zero-order valence-electron chi connectivity index (χ0n) is 11.1. The van der Waals surface area contributed by atoms with Crippen LogP contribution in [-0.2, 0) is 11.3 Å². The van der Waals surface area contributed by atoms with Crippen LogP contribution in [0.4, 0.5) is 0 Å². The second kappa shape index (κ2) is 6.13. The molecular formula is C16H20N2O. The van der Waals surface area contributed by atoms with Crippen molar-refractivity contribution in [2.45, 2.75) is 31.9 Å². The molecule has 2 aromatic rings.